The molecule has 5 nitrogen and oxygen atoms in total. The highest BCUT2D eigenvalue weighted by Gasteiger charge is 2.35. The molecule has 4 rings (SSSR count). The monoisotopic (exact) mass is 287 g/mol. The van der Waals surface area contributed by atoms with Crippen LogP contribution in [0.3, 0.4) is 0 Å². The zero-order chi connectivity index (χ0) is 14.6. The molecule has 0 bridgehead atoms. The van der Waals surface area contributed by atoms with E-state index in [-0.39, 0.29) is 5.91 Å². The van der Waals surface area contributed by atoms with Crippen LogP contribution in [0.4, 0.5) is 11.4 Å². The van der Waals surface area contributed by atoms with Crippen LogP contribution in [0.25, 0.3) is 0 Å². The van der Waals surface area contributed by atoms with E-state index in [0.29, 0.717) is 17.6 Å². The molecule has 3 heterocycles. The molecule has 2 N–H and O–H groups in total. The Bertz CT molecular complexity index is 589. The minimum atomic E-state index is -1.02. The second-order valence-corrected chi connectivity index (χ2v) is 6.46. The normalized spacial score (nSPS) is 32.0. The quantitative estimate of drug-likeness (QED) is 0.818. The summed E-state index contributed by atoms with van der Waals surface area (Å²) >= 11 is 0. The SMILES string of the molecule is CC1CN2CCCC2CN1c1ccc2c(c1)NC(=O)C2O. The maximum absolute atomic E-state index is 11.6. The van der Waals surface area contributed by atoms with Crippen molar-refractivity contribution >= 4 is 17.3 Å². The van der Waals surface area contributed by atoms with Gasteiger partial charge in [-0.1, -0.05) is 6.07 Å². The number of amides is 1. The maximum Gasteiger partial charge on any atom is 0.257 e. The Labute approximate surface area is 124 Å². The van der Waals surface area contributed by atoms with Gasteiger partial charge in [-0.3, -0.25) is 9.69 Å². The molecule has 5 heteroatoms. The molecule has 0 aliphatic carbocycles. The lowest BCUT2D eigenvalue weighted by Crippen LogP contribution is -2.55. The van der Waals surface area contributed by atoms with Crippen LogP contribution in [-0.2, 0) is 4.79 Å². The molecule has 0 spiro atoms. The van der Waals surface area contributed by atoms with Crippen molar-refractivity contribution in [3.63, 3.8) is 0 Å². The molecule has 0 aromatic heterocycles. The van der Waals surface area contributed by atoms with Crippen LogP contribution in [0.2, 0.25) is 0 Å². The molecular formula is C16H21N3O2. The summed E-state index contributed by atoms with van der Waals surface area (Å²) in [7, 11) is 0. The number of nitrogens with one attached hydrogen (secondary N) is 1. The fraction of sp³-hybridized carbons (Fsp3) is 0.562. The van der Waals surface area contributed by atoms with Crippen molar-refractivity contribution in [3.05, 3.63) is 23.8 Å². The van der Waals surface area contributed by atoms with Gasteiger partial charge in [0.15, 0.2) is 6.10 Å². The number of aliphatic hydroxyl groups is 1. The van der Waals surface area contributed by atoms with Crippen LogP contribution in [0.15, 0.2) is 18.2 Å². The number of benzene rings is 1. The van der Waals surface area contributed by atoms with Gasteiger partial charge in [0.25, 0.3) is 5.91 Å². The molecule has 0 saturated carbocycles. The van der Waals surface area contributed by atoms with Crippen LogP contribution in [0.5, 0.6) is 0 Å². The number of carbonyl (C=O) groups is 1. The topological polar surface area (TPSA) is 55.8 Å². The predicted molar refractivity (Wildman–Crippen MR) is 81.4 cm³/mol. The third-order valence-corrected chi connectivity index (χ3v) is 5.11. The Balaban J connectivity index is 1.62. The van der Waals surface area contributed by atoms with Gasteiger partial charge in [-0.2, -0.15) is 0 Å². The zero-order valence-electron chi connectivity index (χ0n) is 12.2. The Morgan fingerprint density at radius 2 is 2.19 bits per heavy atom. The first-order valence-corrected chi connectivity index (χ1v) is 7.77. The van der Waals surface area contributed by atoms with Gasteiger partial charge in [0.2, 0.25) is 0 Å². The third kappa shape index (κ3) is 2.03. The van der Waals surface area contributed by atoms with E-state index >= 15 is 0 Å². The largest absolute Gasteiger partial charge is 0.378 e. The Morgan fingerprint density at radius 1 is 1.33 bits per heavy atom. The number of hydrogen-bond acceptors (Lipinski definition) is 4. The van der Waals surface area contributed by atoms with Gasteiger partial charge in [-0.05, 0) is 38.4 Å². The fourth-order valence-corrected chi connectivity index (χ4v) is 3.96. The van der Waals surface area contributed by atoms with E-state index in [0.717, 1.165) is 24.5 Å². The zero-order valence-corrected chi connectivity index (χ0v) is 12.2. The van der Waals surface area contributed by atoms with Gasteiger partial charge < -0.3 is 15.3 Å². The molecule has 3 aliphatic rings. The second kappa shape index (κ2) is 4.71. The highest BCUT2D eigenvalue weighted by molar-refractivity contribution is 6.02. The van der Waals surface area contributed by atoms with Crippen molar-refractivity contribution < 1.29 is 9.90 Å². The molecule has 1 aromatic rings. The Kier molecular flexibility index (Phi) is 2.94. The smallest absolute Gasteiger partial charge is 0.257 e. The van der Waals surface area contributed by atoms with Crippen LogP contribution in [-0.4, -0.2) is 47.6 Å². The van der Waals surface area contributed by atoms with Crippen LogP contribution in [0.1, 0.15) is 31.4 Å². The van der Waals surface area contributed by atoms with Gasteiger partial charge in [-0.15, -0.1) is 0 Å². The number of aliphatic hydroxyl groups excluding tert-OH is 1. The van der Waals surface area contributed by atoms with E-state index in [2.05, 4.69) is 22.0 Å². The van der Waals surface area contributed by atoms with Gasteiger partial charge in [0.1, 0.15) is 0 Å². The number of carbonyl (C=O) groups excluding carboxylic acids is 1. The lowest BCUT2D eigenvalue weighted by atomic mass is 10.0. The van der Waals surface area contributed by atoms with Crippen LogP contribution in [0, 0.1) is 0 Å². The van der Waals surface area contributed by atoms with Crippen molar-refractivity contribution in [2.75, 3.05) is 29.9 Å². The summed E-state index contributed by atoms with van der Waals surface area (Å²) in [6.45, 7) is 5.65. The molecule has 0 radical (unpaired) electrons. The first-order valence-electron chi connectivity index (χ1n) is 7.77. The molecule has 3 aliphatic heterocycles. The van der Waals surface area contributed by atoms with Gasteiger partial charge >= 0.3 is 0 Å². The van der Waals surface area contributed by atoms with Crippen molar-refractivity contribution in [3.8, 4) is 0 Å². The number of hydrogen-bond donors (Lipinski definition) is 2. The summed E-state index contributed by atoms with van der Waals surface area (Å²) in [6.07, 6.45) is 1.57. The summed E-state index contributed by atoms with van der Waals surface area (Å²) in [6, 6.07) is 7.05. The average Bonchev–Trinajstić information content (AvgIpc) is 3.02. The van der Waals surface area contributed by atoms with E-state index in [9.17, 15) is 9.90 Å². The van der Waals surface area contributed by atoms with Crippen molar-refractivity contribution in [1.82, 2.24) is 4.90 Å². The summed E-state index contributed by atoms with van der Waals surface area (Å²) in [5.41, 5.74) is 2.59. The van der Waals surface area contributed by atoms with E-state index in [1.54, 1.807) is 0 Å². The Hall–Kier alpha value is -1.59. The summed E-state index contributed by atoms with van der Waals surface area (Å²) in [5, 5.41) is 12.6. The van der Waals surface area contributed by atoms with E-state index in [1.165, 1.54) is 19.4 Å². The van der Waals surface area contributed by atoms with Crippen molar-refractivity contribution in [2.45, 2.75) is 38.0 Å². The number of anilines is 2. The number of fused-ring (bicyclic) bond motifs is 2. The van der Waals surface area contributed by atoms with E-state index < -0.39 is 6.10 Å². The lowest BCUT2D eigenvalue weighted by molar-refractivity contribution is -0.123. The standard InChI is InChI=1S/C16H21N3O2/c1-10-8-18-6-2-3-12(18)9-19(10)11-4-5-13-14(7-11)17-16(21)15(13)20/h4-5,7,10,12,15,20H,2-3,6,8-9H2,1H3,(H,17,21). The van der Waals surface area contributed by atoms with Gasteiger partial charge in [0.05, 0.1) is 0 Å². The summed E-state index contributed by atoms with van der Waals surface area (Å²) < 4.78 is 0. The molecule has 2 saturated heterocycles. The van der Waals surface area contributed by atoms with Crippen molar-refractivity contribution in [2.24, 2.45) is 0 Å². The first-order chi connectivity index (χ1) is 10.1. The highest BCUT2D eigenvalue weighted by atomic mass is 16.3. The molecule has 3 unspecified atom stereocenters. The summed E-state index contributed by atoms with van der Waals surface area (Å²) in [5.74, 6) is -0.323. The molecular weight excluding hydrogens is 266 g/mol. The molecule has 3 atom stereocenters. The van der Waals surface area contributed by atoms with Crippen LogP contribution < -0.4 is 10.2 Å². The number of piperazine rings is 1. The lowest BCUT2D eigenvalue weighted by Gasteiger charge is -2.43. The number of rotatable bonds is 1. The van der Waals surface area contributed by atoms with E-state index in [1.807, 2.05) is 18.2 Å². The minimum Gasteiger partial charge on any atom is -0.378 e. The first kappa shape index (κ1) is 13.1. The molecule has 21 heavy (non-hydrogen) atoms. The molecule has 1 aromatic carbocycles. The van der Waals surface area contributed by atoms with Crippen molar-refractivity contribution in [1.29, 1.82) is 0 Å². The van der Waals surface area contributed by atoms with Gasteiger partial charge in [-0.25, -0.2) is 0 Å². The molecule has 112 valence electrons. The number of nitrogens with zero attached hydrogens (tertiary/aromatic N) is 2. The average molecular weight is 287 g/mol. The maximum atomic E-state index is 11.6. The fourth-order valence-electron chi connectivity index (χ4n) is 3.96. The predicted octanol–water partition coefficient (Wildman–Crippen LogP) is 1.34. The van der Waals surface area contributed by atoms with Gasteiger partial charge in [0, 0.05) is 42.1 Å². The minimum absolute atomic E-state index is 0.323. The molecule has 2 fully saturated rings. The van der Waals surface area contributed by atoms with Crippen LogP contribution >= 0.6 is 0 Å². The van der Waals surface area contributed by atoms with E-state index in [4.69, 9.17) is 0 Å². The second-order valence-electron chi connectivity index (χ2n) is 6.46. The summed E-state index contributed by atoms with van der Waals surface area (Å²) in [4.78, 5) is 16.6. The Morgan fingerprint density at radius 3 is 3.05 bits per heavy atom. The molecule has 1 amide bonds. The third-order valence-electron chi connectivity index (χ3n) is 5.11. The highest BCUT2D eigenvalue weighted by Crippen LogP contribution is 2.36.